The first-order valence-electron chi connectivity index (χ1n) is 6.85. The van der Waals surface area contributed by atoms with E-state index < -0.39 is 32.5 Å². The molecule has 1 aliphatic rings. The monoisotopic (exact) mass is 377 g/mol. The van der Waals surface area contributed by atoms with Crippen LogP contribution in [-0.4, -0.2) is 65.8 Å². The van der Waals surface area contributed by atoms with Gasteiger partial charge in [-0.3, -0.25) is 9.78 Å². The number of nitrogen functional groups attached to an aromatic ring is 1. The van der Waals surface area contributed by atoms with Crippen LogP contribution in [0.3, 0.4) is 0 Å². The zero-order chi connectivity index (χ0) is 17.4. The summed E-state index contributed by atoms with van der Waals surface area (Å²) in [4.78, 5) is 32.0. The van der Waals surface area contributed by atoms with Gasteiger partial charge in [0.05, 0.1) is 13.2 Å². The summed E-state index contributed by atoms with van der Waals surface area (Å²) in [6.07, 6.45) is -1.57. The molecule has 3 heterocycles. The molecule has 2 aromatic rings. The van der Waals surface area contributed by atoms with Crippen molar-refractivity contribution in [2.45, 2.75) is 30.0 Å². The van der Waals surface area contributed by atoms with Gasteiger partial charge in [-0.1, -0.05) is 11.8 Å². The number of hydrogen-bond donors (Lipinski definition) is 5. The number of nitrogens with two attached hydrogens (primary N) is 1. The van der Waals surface area contributed by atoms with E-state index in [1.54, 1.807) is 6.26 Å². The fraction of sp³-hybridized carbons (Fsp3) is 0.545. The highest BCUT2D eigenvalue weighted by atomic mass is 32.2. The van der Waals surface area contributed by atoms with Crippen LogP contribution in [0, 0.1) is 0 Å². The molecule has 6 N–H and O–H groups in total. The highest BCUT2D eigenvalue weighted by Gasteiger charge is 2.36. The maximum absolute atomic E-state index is 11.9. The zero-order valence-electron chi connectivity index (χ0n) is 12.5. The molecule has 0 bridgehead atoms. The standard InChI is InChI=1S/C11H16N5O6PS/c1-24-11-13-6-8(14-10(12)15-9(6)19)16(11)2-4(17)7-5(18)3-21-23(20)22-7/h4-5,7,17-18,20H,2-3H2,1H3,(H3,12,14,15,19)/t4-,5?,7?,23?/m1/s1. The van der Waals surface area contributed by atoms with Crippen molar-refractivity contribution in [3.63, 3.8) is 0 Å². The van der Waals surface area contributed by atoms with E-state index in [-0.39, 0.29) is 30.3 Å². The van der Waals surface area contributed by atoms with Gasteiger partial charge in [0.2, 0.25) is 5.95 Å². The minimum Gasteiger partial charge on any atom is -0.388 e. The van der Waals surface area contributed by atoms with Crippen LogP contribution < -0.4 is 11.3 Å². The predicted molar refractivity (Wildman–Crippen MR) is 86.3 cm³/mol. The summed E-state index contributed by atoms with van der Waals surface area (Å²) in [5.41, 5.74) is 5.40. The number of hydrogen-bond acceptors (Lipinski definition) is 10. The number of nitrogens with one attached hydrogen (secondary N) is 1. The Morgan fingerprint density at radius 3 is 3.04 bits per heavy atom. The third kappa shape index (κ3) is 3.26. The summed E-state index contributed by atoms with van der Waals surface area (Å²) in [5, 5.41) is 20.7. The van der Waals surface area contributed by atoms with Crippen LogP contribution in [0.15, 0.2) is 9.95 Å². The van der Waals surface area contributed by atoms with Crippen LogP contribution in [0.5, 0.6) is 0 Å². The number of aromatic nitrogens is 4. The Morgan fingerprint density at radius 1 is 1.58 bits per heavy atom. The Balaban J connectivity index is 1.95. The van der Waals surface area contributed by atoms with Crippen LogP contribution in [0.1, 0.15) is 0 Å². The first-order valence-corrected chi connectivity index (χ1v) is 9.21. The Morgan fingerprint density at radius 2 is 2.33 bits per heavy atom. The molecule has 132 valence electrons. The molecular weight excluding hydrogens is 361 g/mol. The molecule has 0 aliphatic carbocycles. The lowest BCUT2D eigenvalue weighted by Gasteiger charge is -2.33. The number of aromatic amines is 1. The van der Waals surface area contributed by atoms with Gasteiger partial charge in [-0.25, -0.2) is 4.98 Å². The Bertz CT molecular complexity index is 799. The van der Waals surface area contributed by atoms with E-state index in [1.165, 1.54) is 16.3 Å². The lowest BCUT2D eigenvalue weighted by Crippen LogP contribution is -2.45. The van der Waals surface area contributed by atoms with Crippen LogP contribution in [0.4, 0.5) is 5.95 Å². The molecule has 1 aliphatic heterocycles. The van der Waals surface area contributed by atoms with Gasteiger partial charge in [0, 0.05) is 0 Å². The van der Waals surface area contributed by atoms with Gasteiger partial charge >= 0.3 is 8.60 Å². The summed E-state index contributed by atoms with van der Waals surface area (Å²) in [6.45, 7) is -0.206. The molecular formula is C11H16N5O6PS. The van der Waals surface area contributed by atoms with Crippen molar-refractivity contribution >= 4 is 37.5 Å². The average Bonchev–Trinajstić information content (AvgIpc) is 2.88. The van der Waals surface area contributed by atoms with Crippen LogP contribution in [-0.2, 0) is 15.6 Å². The third-order valence-corrected chi connectivity index (χ3v) is 4.94. The number of nitrogens with zero attached hydrogens (tertiary/aromatic N) is 3. The number of aliphatic hydroxyl groups excluding tert-OH is 2. The number of imidazole rings is 1. The van der Waals surface area contributed by atoms with Crippen molar-refractivity contribution in [1.29, 1.82) is 0 Å². The second-order valence-electron chi connectivity index (χ2n) is 5.07. The second-order valence-corrected chi connectivity index (χ2v) is 6.79. The molecule has 1 fully saturated rings. The summed E-state index contributed by atoms with van der Waals surface area (Å²) < 4.78 is 11.4. The van der Waals surface area contributed by atoms with Crippen molar-refractivity contribution in [2.24, 2.45) is 0 Å². The van der Waals surface area contributed by atoms with Crippen LogP contribution in [0.25, 0.3) is 11.2 Å². The van der Waals surface area contributed by atoms with E-state index in [2.05, 4.69) is 15.0 Å². The second kappa shape index (κ2) is 6.92. The van der Waals surface area contributed by atoms with E-state index in [0.717, 1.165) is 0 Å². The van der Waals surface area contributed by atoms with Crippen LogP contribution in [0.2, 0.25) is 0 Å². The summed E-state index contributed by atoms with van der Waals surface area (Å²) in [5.74, 6) is -0.0722. The highest BCUT2D eigenvalue weighted by molar-refractivity contribution is 7.98. The molecule has 24 heavy (non-hydrogen) atoms. The molecule has 0 spiro atoms. The maximum Gasteiger partial charge on any atom is 0.330 e. The zero-order valence-corrected chi connectivity index (χ0v) is 14.2. The molecule has 1 saturated heterocycles. The van der Waals surface area contributed by atoms with E-state index in [1.807, 2.05) is 0 Å². The van der Waals surface area contributed by atoms with Gasteiger partial charge in [0.25, 0.3) is 5.56 Å². The van der Waals surface area contributed by atoms with Crippen molar-refractivity contribution in [3.05, 3.63) is 10.4 Å². The Labute approximate surface area is 140 Å². The summed E-state index contributed by atoms with van der Waals surface area (Å²) >= 11 is 1.26. The van der Waals surface area contributed by atoms with Crippen molar-refractivity contribution < 1.29 is 24.2 Å². The molecule has 0 radical (unpaired) electrons. The molecule has 13 heteroatoms. The molecule has 11 nitrogen and oxygen atoms in total. The highest BCUT2D eigenvalue weighted by Crippen LogP contribution is 2.40. The minimum atomic E-state index is -2.15. The number of aliphatic hydroxyl groups is 2. The fourth-order valence-electron chi connectivity index (χ4n) is 2.39. The lowest BCUT2D eigenvalue weighted by molar-refractivity contribution is -0.0956. The molecule has 4 atom stereocenters. The first-order chi connectivity index (χ1) is 11.4. The summed E-state index contributed by atoms with van der Waals surface area (Å²) in [6, 6.07) is 0. The molecule has 0 aromatic carbocycles. The van der Waals surface area contributed by atoms with E-state index in [0.29, 0.717) is 5.16 Å². The molecule has 2 aromatic heterocycles. The average molecular weight is 377 g/mol. The Hall–Kier alpha value is -1.27. The predicted octanol–water partition coefficient (Wildman–Crippen LogP) is -1.22. The SMILES string of the molecule is CSc1nc2c(=O)[nH]c(N)nc2n1C[C@@H](O)C1OP(O)OCC1O. The fourth-order valence-corrected chi connectivity index (χ4v) is 3.78. The molecule has 0 amide bonds. The number of thioether (sulfide) groups is 1. The minimum absolute atomic E-state index is 0.0620. The van der Waals surface area contributed by atoms with Gasteiger partial charge in [-0.05, 0) is 6.26 Å². The van der Waals surface area contributed by atoms with Crippen molar-refractivity contribution in [3.8, 4) is 0 Å². The van der Waals surface area contributed by atoms with Gasteiger partial charge in [0.1, 0.15) is 18.3 Å². The smallest absolute Gasteiger partial charge is 0.330 e. The number of anilines is 1. The number of rotatable bonds is 4. The largest absolute Gasteiger partial charge is 0.388 e. The van der Waals surface area contributed by atoms with E-state index in [4.69, 9.17) is 14.8 Å². The molecule has 0 saturated carbocycles. The normalized spacial score (nSPS) is 25.9. The Kier molecular flexibility index (Phi) is 5.06. The maximum atomic E-state index is 11.9. The van der Waals surface area contributed by atoms with E-state index in [9.17, 15) is 19.9 Å². The summed E-state index contributed by atoms with van der Waals surface area (Å²) in [7, 11) is -2.15. The number of H-pyrrole nitrogens is 1. The van der Waals surface area contributed by atoms with Crippen molar-refractivity contribution in [2.75, 3.05) is 18.6 Å². The molecule has 3 rings (SSSR count). The van der Waals surface area contributed by atoms with Crippen LogP contribution >= 0.6 is 20.4 Å². The van der Waals surface area contributed by atoms with Gasteiger partial charge < -0.3 is 34.5 Å². The molecule has 3 unspecified atom stereocenters. The van der Waals surface area contributed by atoms with Gasteiger partial charge in [0.15, 0.2) is 16.3 Å². The van der Waals surface area contributed by atoms with Gasteiger partial charge in [-0.2, -0.15) is 4.98 Å². The topological polar surface area (TPSA) is 169 Å². The lowest BCUT2D eigenvalue weighted by atomic mass is 10.1. The number of fused-ring (bicyclic) bond motifs is 1. The third-order valence-electron chi connectivity index (χ3n) is 3.47. The quantitative estimate of drug-likeness (QED) is 0.321. The van der Waals surface area contributed by atoms with Gasteiger partial charge in [-0.15, -0.1) is 0 Å². The van der Waals surface area contributed by atoms with Crippen molar-refractivity contribution in [1.82, 2.24) is 19.5 Å². The van der Waals surface area contributed by atoms with E-state index >= 15 is 0 Å². The first kappa shape index (κ1) is 17.5.